The summed E-state index contributed by atoms with van der Waals surface area (Å²) in [6, 6.07) is -0.853. The van der Waals surface area contributed by atoms with E-state index in [-0.39, 0.29) is 14.6 Å². The number of hydrogen-bond acceptors (Lipinski definition) is 6. The molecule has 0 aliphatic carbocycles. The van der Waals surface area contributed by atoms with Gasteiger partial charge < -0.3 is 9.64 Å². The molecule has 1 amide bonds. The van der Waals surface area contributed by atoms with Gasteiger partial charge in [0.25, 0.3) is 10.0 Å². The molecule has 0 aromatic carbocycles. The summed E-state index contributed by atoms with van der Waals surface area (Å²) in [6.45, 7) is 4.95. The first-order valence-corrected chi connectivity index (χ1v) is 9.01. The van der Waals surface area contributed by atoms with Crippen molar-refractivity contribution >= 4 is 38.9 Å². The number of thiazole rings is 1. The molecule has 1 aliphatic heterocycles. The van der Waals surface area contributed by atoms with Gasteiger partial charge in [0.2, 0.25) is 5.91 Å². The second-order valence-corrected chi connectivity index (χ2v) is 8.11. The number of halogens is 1. The van der Waals surface area contributed by atoms with Gasteiger partial charge in [-0.05, 0) is 13.8 Å². The van der Waals surface area contributed by atoms with Gasteiger partial charge in [0.15, 0.2) is 8.68 Å². The van der Waals surface area contributed by atoms with Crippen LogP contribution in [0.15, 0.2) is 4.21 Å². The molecule has 1 fully saturated rings. The van der Waals surface area contributed by atoms with Crippen molar-refractivity contribution in [1.29, 1.82) is 0 Å². The highest BCUT2D eigenvalue weighted by Crippen LogP contribution is 2.26. The molecule has 1 aromatic heterocycles. The van der Waals surface area contributed by atoms with Gasteiger partial charge in [0, 0.05) is 13.1 Å². The number of ether oxygens (including phenoxy) is 1. The van der Waals surface area contributed by atoms with Gasteiger partial charge in [-0.25, -0.2) is 13.4 Å². The van der Waals surface area contributed by atoms with Crippen molar-refractivity contribution in [3.8, 4) is 0 Å². The Hall–Kier alpha value is -0.740. The highest BCUT2D eigenvalue weighted by molar-refractivity contribution is 7.91. The number of rotatable bonds is 4. The number of aromatic nitrogens is 1. The van der Waals surface area contributed by atoms with E-state index in [1.165, 1.54) is 6.92 Å². The van der Waals surface area contributed by atoms with Crippen LogP contribution >= 0.6 is 22.9 Å². The van der Waals surface area contributed by atoms with Crippen LogP contribution in [0.3, 0.4) is 0 Å². The SMILES string of the molecule is Cc1nc(Cl)sc1S(=O)(=O)NC(C)C(=O)N1CCOCC1. The Balaban J connectivity index is 2.09. The topological polar surface area (TPSA) is 88.6 Å². The van der Waals surface area contributed by atoms with Crippen LogP contribution < -0.4 is 4.72 Å². The van der Waals surface area contributed by atoms with E-state index >= 15 is 0 Å². The summed E-state index contributed by atoms with van der Waals surface area (Å²) in [6.07, 6.45) is 0. The Labute approximate surface area is 132 Å². The number of nitrogens with one attached hydrogen (secondary N) is 1. The monoisotopic (exact) mass is 353 g/mol. The highest BCUT2D eigenvalue weighted by atomic mass is 35.5. The van der Waals surface area contributed by atoms with E-state index in [4.69, 9.17) is 16.3 Å². The van der Waals surface area contributed by atoms with Gasteiger partial charge in [-0.1, -0.05) is 22.9 Å². The van der Waals surface area contributed by atoms with Gasteiger partial charge in [0.05, 0.1) is 24.9 Å². The first kappa shape index (κ1) is 16.6. The average molecular weight is 354 g/mol. The van der Waals surface area contributed by atoms with Crippen molar-refractivity contribution in [3.05, 3.63) is 10.2 Å². The molecule has 7 nitrogen and oxygen atoms in total. The van der Waals surface area contributed by atoms with E-state index in [2.05, 4.69) is 9.71 Å². The smallest absolute Gasteiger partial charge is 0.252 e. The van der Waals surface area contributed by atoms with E-state index in [0.717, 1.165) is 11.3 Å². The van der Waals surface area contributed by atoms with Crippen LogP contribution in [0.25, 0.3) is 0 Å². The van der Waals surface area contributed by atoms with E-state index in [1.807, 2.05) is 0 Å². The summed E-state index contributed by atoms with van der Waals surface area (Å²) in [5, 5.41) is 0. The fourth-order valence-corrected chi connectivity index (χ4v) is 4.95. The maximum absolute atomic E-state index is 12.3. The third-order valence-electron chi connectivity index (χ3n) is 3.00. The molecule has 1 N–H and O–H groups in total. The molecule has 1 aromatic rings. The number of aryl methyl sites for hydroxylation is 1. The Kier molecular flexibility index (Phi) is 5.20. The van der Waals surface area contributed by atoms with Gasteiger partial charge in [-0.3, -0.25) is 4.79 Å². The summed E-state index contributed by atoms with van der Waals surface area (Å²) in [7, 11) is -3.81. The molecule has 0 bridgehead atoms. The minimum absolute atomic E-state index is 0.0362. The number of sulfonamides is 1. The molecular formula is C11H16ClN3O4S2. The van der Waals surface area contributed by atoms with Crippen molar-refractivity contribution in [2.24, 2.45) is 0 Å². The summed E-state index contributed by atoms with van der Waals surface area (Å²) in [5.41, 5.74) is 0.323. The summed E-state index contributed by atoms with van der Waals surface area (Å²) < 4.78 is 32.3. The molecule has 10 heteroatoms. The van der Waals surface area contributed by atoms with Crippen molar-refractivity contribution in [1.82, 2.24) is 14.6 Å². The number of amides is 1. The quantitative estimate of drug-likeness (QED) is 0.857. The van der Waals surface area contributed by atoms with Crippen LogP contribution in [-0.2, 0) is 19.6 Å². The minimum atomic E-state index is -3.81. The van der Waals surface area contributed by atoms with Crippen molar-refractivity contribution in [2.45, 2.75) is 24.1 Å². The third-order valence-corrected chi connectivity index (χ3v) is 6.41. The molecule has 118 valence electrons. The third kappa shape index (κ3) is 3.92. The molecule has 2 rings (SSSR count). The molecule has 1 atom stereocenters. The lowest BCUT2D eigenvalue weighted by Crippen LogP contribution is -2.50. The number of morpholine rings is 1. The zero-order valence-corrected chi connectivity index (χ0v) is 14.0. The fourth-order valence-electron chi connectivity index (χ4n) is 1.99. The van der Waals surface area contributed by atoms with Crippen LogP contribution in [0.1, 0.15) is 12.6 Å². The lowest BCUT2D eigenvalue weighted by atomic mass is 10.3. The largest absolute Gasteiger partial charge is 0.378 e. The lowest BCUT2D eigenvalue weighted by Gasteiger charge is -2.29. The molecule has 1 unspecified atom stereocenters. The Morgan fingerprint density at radius 1 is 1.48 bits per heavy atom. The molecule has 0 radical (unpaired) electrons. The second-order valence-electron chi connectivity index (χ2n) is 4.62. The maximum Gasteiger partial charge on any atom is 0.252 e. The normalized spacial score (nSPS) is 17.8. The lowest BCUT2D eigenvalue weighted by molar-refractivity contribution is -0.136. The molecular weight excluding hydrogens is 338 g/mol. The van der Waals surface area contributed by atoms with Crippen LogP contribution in [0.4, 0.5) is 0 Å². The Bertz CT molecular complexity index is 625. The first-order valence-electron chi connectivity index (χ1n) is 6.33. The molecule has 0 spiro atoms. The van der Waals surface area contributed by atoms with Crippen LogP contribution in [-0.4, -0.2) is 56.6 Å². The van der Waals surface area contributed by atoms with Crippen molar-refractivity contribution in [2.75, 3.05) is 26.3 Å². The Morgan fingerprint density at radius 3 is 2.62 bits per heavy atom. The molecule has 2 heterocycles. The van der Waals surface area contributed by atoms with E-state index < -0.39 is 16.1 Å². The number of carbonyl (C=O) groups is 1. The standard InChI is InChI=1S/C11H16ClN3O4S2/c1-7(9(16)15-3-5-19-6-4-15)14-21(17,18)10-8(2)13-11(12)20-10/h7,14H,3-6H2,1-2H3. The maximum atomic E-state index is 12.3. The summed E-state index contributed by atoms with van der Waals surface area (Å²) >= 11 is 6.59. The summed E-state index contributed by atoms with van der Waals surface area (Å²) in [4.78, 5) is 17.7. The van der Waals surface area contributed by atoms with Crippen LogP contribution in [0.5, 0.6) is 0 Å². The van der Waals surface area contributed by atoms with E-state index in [0.29, 0.717) is 32.0 Å². The van der Waals surface area contributed by atoms with Crippen molar-refractivity contribution in [3.63, 3.8) is 0 Å². The Morgan fingerprint density at radius 2 is 2.10 bits per heavy atom. The molecule has 1 aliphatic rings. The number of nitrogens with zero attached hydrogens (tertiary/aromatic N) is 2. The van der Waals surface area contributed by atoms with Gasteiger partial charge in [0.1, 0.15) is 0 Å². The highest BCUT2D eigenvalue weighted by Gasteiger charge is 2.29. The predicted molar refractivity (Wildman–Crippen MR) is 79.0 cm³/mol. The van der Waals surface area contributed by atoms with Crippen LogP contribution in [0, 0.1) is 6.92 Å². The fraction of sp³-hybridized carbons (Fsp3) is 0.636. The summed E-state index contributed by atoms with van der Waals surface area (Å²) in [5.74, 6) is -0.268. The van der Waals surface area contributed by atoms with Crippen molar-refractivity contribution < 1.29 is 17.9 Å². The first-order chi connectivity index (χ1) is 9.81. The number of hydrogen-bond donors (Lipinski definition) is 1. The molecule has 1 saturated heterocycles. The van der Waals surface area contributed by atoms with Gasteiger partial charge in [-0.2, -0.15) is 4.72 Å². The van der Waals surface area contributed by atoms with Crippen LogP contribution in [0.2, 0.25) is 4.47 Å². The van der Waals surface area contributed by atoms with Gasteiger partial charge in [-0.15, -0.1) is 0 Å². The zero-order chi connectivity index (χ0) is 15.6. The molecule has 0 saturated carbocycles. The molecule has 21 heavy (non-hydrogen) atoms. The average Bonchev–Trinajstić information content (AvgIpc) is 2.78. The van der Waals surface area contributed by atoms with Gasteiger partial charge >= 0.3 is 0 Å². The van der Waals surface area contributed by atoms with E-state index in [9.17, 15) is 13.2 Å². The zero-order valence-electron chi connectivity index (χ0n) is 11.6. The second kappa shape index (κ2) is 6.57. The number of carbonyl (C=O) groups excluding carboxylic acids is 1. The van der Waals surface area contributed by atoms with E-state index in [1.54, 1.807) is 11.8 Å². The predicted octanol–water partition coefficient (Wildman–Crippen LogP) is 0.631. The minimum Gasteiger partial charge on any atom is -0.378 e.